The molecular weight excluding hydrogens is 361 g/mol. The van der Waals surface area contributed by atoms with Crippen molar-refractivity contribution in [3.05, 3.63) is 51.7 Å². The van der Waals surface area contributed by atoms with Crippen LogP contribution in [0.1, 0.15) is 0 Å². The summed E-state index contributed by atoms with van der Waals surface area (Å²) in [5, 5.41) is 11.9. The van der Waals surface area contributed by atoms with Crippen LogP contribution in [-0.4, -0.2) is 20.2 Å². The summed E-state index contributed by atoms with van der Waals surface area (Å²) < 4.78 is 15.7. The summed E-state index contributed by atoms with van der Waals surface area (Å²) in [5.41, 5.74) is 7.22. The van der Waals surface area contributed by atoms with Crippen molar-refractivity contribution in [1.29, 1.82) is 0 Å². The maximum absolute atomic E-state index is 13.4. The van der Waals surface area contributed by atoms with Gasteiger partial charge in [-0.3, -0.25) is 0 Å². The maximum Gasteiger partial charge on any atom is 0.189 e. The van der Waals surface area contributed by atoms with Gasteiger partial charge in [0.2, 0.25) is 0 Å². The lowest BCUT2D eigenvalue weighted by molar-refractivity contribution is 0.628. The Morgan fingerprint density at radius 3 is 2.76 bits per heavy atom. The highest BCUT2D eigenvalue weighted by Crippen LogP contribution is 2.30. The van der Waals surface area contributed by atoms with Crippen molar-refractivity contribution in [3.63, 3.8) is 0 Å². The molecule has 0 saturated carbocycles. The quantitative estimate of drug-likeness (QED) is 0.703. The van der Waals surface area contributed by atoms with E-state index in [0.717, 1.165) is 4.47 Å². The Morgan fingerprint density at radius 1 is 1.19 bits per heavy atom. The zero-order chi connectivity index (χ0) is 15.0. The summed E-state index contributed by atoms with van der Waals surface area (Å²) in [5.74, 6) is -0.105. The van der Waals surface area contributed by atoms with Crippen LogP contribution in [0.2, 0.25) is 5.02 Å². The molecule has 2 aromatic carbocycles. The minimum atomic E-state index is -0.421. The van der Waals surface area contributed by atoms with Crippen LogP contribution in [0.15, 0.2) is 40.9 Å². The predicted octanol–water partition coefficient (Wildman–Crippen LogP) is 3.47. The smallest absolute Gasteiger partial charge is 0.189 e. The van der Waals surface area contributed by atoms with Gasteiger partial charge in [-0.25, -0.2) is 4.39 Å². The molecule has 8 heteroatoms. The fourth-order valence-electron chi connectivity index (χ4n) is 1.89. The van der Waals surface area contributed by atoms with Crippen molar-refractivity contribution in [2.24, 2.45) is 0 Å². The average Bonchev–Trinajstić information content (AvgIpc) is 2.90. The largest absolute Gasteiger partial charge is 0.398 e. The lowest BCUT2D eigenvalue weighted by atomic mass is 10.1. The summed E-state index contributed by atoms with van der Waals surface area (Å²) >= 11 is 9.53. The number of rotatable bonds is 2. The Bertz CT molecular complexity index is 820. The van der Waals surface area contributed by atoms with E-state index in [9.17, 15) is 4.39 Å². The van der Waals surface area contributed by atoms with E-state index in [-0.39, 0.29) is 0 Å². The monoisotopic (exact) mass is 367 g/mol. The van der Waals surface area contributed by atoms with E-state index >= 15 is 0 Å². The highest BCUT2D eigenvalue weighted by molar-refractivity contribution is 9.10. The topological polar surface area (TPSA) is 69.6 Å². The van der Waals surface area contributed by atoms with E-state index in [0.29, 0.717) is 27.8 Å². The van der Waals surface area contributed by atoms with E-state index in [1.807, 2.05) is 6.07 Å². The van der Waals surface area contributed by atoms with Crippen molar-refractivity contribution in [1.82, 2.24) is 20.2 Å². The van der Waals surface area contributed by atoms with E-state index in [1.165, 1.54) is 22.9 Å². The van der Waals surface area contributed by atoms with Crippen LogP contribution in [0, 0.1) is 5.82 Å². The highest BCUT2D eigenvalue weighted by Gasteiger charge is 2.16. The summed E-state index contributed by atoms with van der Waals surface area (Å²) in [6.45, 7) is 0. The van der Waals surface area contributed by atoms with Crippen molar-refractivity contribution in [3.8, 4) is 17.1 Å². The third-order valence-corrected chi connectivity index (χ3v) is 3.66. The van der Waals surface area contributed by atoms with E-state index in [2.05, 4.69) is 31.5 Å². The molecule has 5 nitrogen and oxygen atoms in total. The van der Waals surface area contributed by atoms with Gasteiger partial charge in [0.05, 0.1) is 10.7 Å². The van der Waals surface area contributed by atoms with E-state index in [4.69, 9.17) is 17.3 Å². The molecule has 21 heavy (non-hydrogen) atoms. The molecule has 0 atom stereocenters. The molecule has 106 valence electrons. The molecule has 3 aromatic rings. The first-order valence-electron chi connectivity index (χ1n) is 5.85. The molecule has 1 aromatic heterocycles. The Balaban J connectivity index is 2.19. The second-order valence-electron chi connectivity index (χ2n) is 4.24. The summed E-state index contributed by atoms with van der Waals surface area (Å²) in [7, 11) is 0. The van der Waals surface area contributed by atoms with Gasteiger partial charge in [0.1, 0.15) is 5.82 Å². The van der Waals surface area contributed by atoms with Crippen molar-refractivity contribution < 1.29 is 4.39 Å². The number of hydrogen-bond donors (Lipinski definition) is 1. The molecule has 0 aliphatic heterocycles. The number of tetrazole rings is 1. The number of hydrogen-bond acceptors (Lipinski definition) is 4. The Kier molecular flexibility index (Phi) is 3.60. The van der Waals surface area contributed by atoms with Gasteiger partial charge in [-0.1, -0.05) is 27.5 Å². The van der Waals surface area contributed by atoms with Gasteiger partial charge in [-0.2, -0.15) is 4.68 Å². The molecule has 0 aliphatic rings. The molecule has 3 rings (SSSR count). The van der Waals surface area contributed by atoms with Crippen molar-refractivity contribution >= 4 is 33.2 Å². The number of nitrogen functional groups attached to an aromatic ring is 1. The lowest BCUT2D eigenvalue weighted by Gasteiger charge is -2.08. The van der Waals surface area contributed by atoms with Crippen LogP contribution >= 0.6 is 27.5 Å². The van der Waals surface area contributed by atoms with Crippen LogP contribution in [-0.2, 0) is 0 Å². The molecule has 0 fully saturated rings. The van der Waals surface area contributed by atoms with Crippen LogP contribution < -0.4 is 5.73 Å². The van der Waals surface area contributed by atoms with Gasteiger partial charge in [0, 0.05) is 15.7 Å². The first-order chi connectivity index (χ1) is 10.1. The summed E-state index contributed by atoms with van der Waals surface area (Å²) in [6.07, 6.45) is 0. The molecular formula is C13H8BrClFN5. The molecule has 0 unspecified atom stereocenters. The number of nitrogens with two attached hydrogens (primary N) is 1. The standard InChI is InChI=1S/C13H8BrClFN5/c14-7-1-4-12(10(15)5-7)21-13(18-19-20-21)9-6-8(16)2-3-11(9)17/h1-6H,17H2. The van der Waals surface area contributed by atoms with Gasteiger partial charge < -0.3 is 5.73 Å². The van der Waals surface area contributed by atoms with Crippen LogP contribution in [0.5, 0.6) is 0 Å². The lowest BCUT2D eigenvalue weighted by Crippen LogP contribution is -2.02. The SMILES string of the molecule is Nc1ccc(F)cc1-c1nnnn1-c1ccc(Br)cc1Cl. The van der Waals surface area contributed by atoms with E-state index < -0.39 is 5.82 Å². The number of halogens is 3. The average molecular weight is 369 g/mol. The summed E-state index contributed by atoms with van der Waals surface area (Å²) in [6, 6.07) is 9.30. The normalized spacial score (nSPS) is 10.8. The fourth-order valence-corrected chi connectivity index (χ4v) is 2.65. The first kappa shape index (κ1) is 14.0. The predicted molar refractivity (Wildman–Crippen MR) is 81.7 cm³/mol. The molecule has 0 amide bonds. The van der Waals surface area contributed by atoms with Gasteiger partial charge >= 0.3 is 0 Å². The molecule has 0 bridgehead atoms. The molecule has 0 aliphatic carbocycles. The number of anilines is 1. The first-order valence-corrected chi connectivity index (χ1v) is 7.02. The van der Waals surface area contributed by atoms with Gasteiger partial charge in [0.15, 0.2) is 5.82 Å². The Labute approximate surface area is 132 Å². The molecule has 0 radical (unpaired) electrons. The molecule has 1 heterocycles. The Hall–Kier alpha value is -1.99. The molecule has 0 spiro atoms. The van der Waals surface area contributed by atoms with Crippen molar-refractivity contribution in [2.75, 3.05) is 5.73 Å². The summed E-state index contributed by atoms with van der Waals surface area (Å²) in [4.78, 5) is 0. The zero-order valence-electron chi connectivity index (χ0n) is 10.5. The third-order valence-electron chi connectivity index (χ3n) is 2.86. The van der Waals surface area contributed by atoms with Crippen LogP contribution in [0.3, 0.4) is 0 Å². The van der Waals surface area contributed by atoms with E-state index in [1.54, 1.807) is 12.1 Å². The minimum Gasteiger partial charge on any atom is -0.398 e. The van der Waals surface area contributed by atoms with Crippen molar-refractivity contribution in [2.45, 2.75) is 0 Å². The Morgan fingerprint density at radius 2 is 2.00 bits per heavy atom. The van der Waals surface area contributed by atoms with Crippen LogP contribution in [0.4, 0.5) is 10.1 Å². The zero-order valence-corrected chi connectivity index (χ0v) is 12.8. The molecule has 0 saturated heterocycles. The number of benzene rings is 2. The highest BCUT2D eigenvalue weighted by atomic mass is 79.9. The fraction of sp³-hybridized carbons (Fsp3) is 0. The number of nitrogens with zero attached hydrogens (tertiary/aromatic N) is 4. The van der Waals surface area contributed by atoms with Crippen LogP contribution in [0.25, 0.3) is 17.1 Å². The van der Waals surface area contributed by atoms with Gasteiger partial charge in [0.25, 0.3) is 0 Å². The third kappa shape index (κ3) is 2.62. The number of aromatic nitrogens is 4. The second kappa shape index (κ2) is 5.42. The maximum atomic E-state index is 13.4. The minimum absolute atomic E-state index is 0.316. The van der Waals surface area contributed by atoms with Gasteiger partial charge in [-0.05, 0) is 46.8 Å². The van der Waals surface area contributed by atoms with Gasteiger partial charge in [-0.15, -0.1) is 5.10 Å². The second-order valence-corrected chi connectivity index (χ2v) is 5.56. The molecule has 2 N–H and O–H groups in total.